The smallest absolute Gasteiger partial charge is 0.124 e. The molecule has 0 radical (unpaired) electrons. The molecule has 1 aromatic rings. The average molecular weight is 233 g/mol. The van der Waals surface area contributed by atoms with Crippen LogP contribution in [-0.4, -0.2) is 23.9 Å². The maximum absolute atomic E-state index is 9.24. The zero-order valence-electron chi connectivity index (χ0n) is 9.98. The van der Waals surface area contributed by atoms with Gasteiger partial charge in [0, 0.05) is 17.6 Å². The molecule has 2 N–H and O–H groups in total. The van der Waals surface area contributed by atoms with Crippen LogP contribution in [-0.2, 0) is 6.54 Å². The minimum atomic E-state index is -0.0362. The van der Waals surface area contributed by atoms with Gasteiger partial charge in [0.1, 0.15) is 12.4 Å². The quantitative estimate of drug-likeness (QED) is 0.706. The molecular weight excluding hydrogens is 214 g/mol. The first kappa shape index (κ1) is 12.1. The highest BCUT2D eigenvalue weighted by molar-refractivity contribution is 5.33. The lowest BCUT2D eigenvalue weighted by Gasteiger charge is -2.16. The van der Waals surface area contributed by atoms with Crippen molar-refractivity contribution in [2.24, 2.45) is 0 Å². The summed E-state index contributed by atoms with van der Waals surface area (Å²) in [5, 5.41) is 12.6. The van der Waals surface area contributed by atoms with Gasteiger partial charge in [0.25, 0.3) is 0 Å². The fourth-order valence-electron chi connectivity index (χ4n) is 1.76. The lowest BCUT2D eigenvalue weighted by Crippen LogP contribution is -2.34. The molecule has 17 heavy (non-hydrogen) atoms. The molecule has 3 nitrogen and oxygen atoms in total. The predicted octanol–water partition coefficient (Wildman–Crippen LogP) is 1.87. The van der Waals surface area contributed by atoms with Crippen molar-refractivity contribution in [1.82, 2.24) is 5.32 Å². The number of nitrogens with one attached hydrogen (secondary N) is 1. The summed E-state index contributed by atoms with van der Waals surface area (Å²) in [5.41, 5.74) is 1.08. The summed E-state index contributed by atoms with van der Waals surface area (Å²) in [4.78, 5) is 0. The van der Waals surface area contributed by atoms with E-state index in [0.717, 1.165) is 30.7 Å². The second kappa shape index (κ2) is 5.34. The second-order valence-electron chi connectivity index (χ2n) is 4.50. The van der Waals surface area contributed by atoms with Gasteiger partial charge in [-0.2, -0.15) is 0 Å². The summed E-state index contributed by atoms with van der Waals surface area (Å²) in [7, 11) is 0. The summed E-state index contributed by atoms with van der Waals surface area (Å²) in [6, 6.07) is 7.95. The number of hydrogen-bond acceptors (Lipinski definition) is 3. The van der Waals surface area contributed by atoms with E-state index in [9.17, 15) is 5.11 Å². The number of ether oxygens (including phenoxy) is 1. The summed E-state index contributed by atoms with van der Waals surface area (Å²) < 4.78 is 5.59. The van der Waals surface area contributed by atoms with E-state index in [2.05, 4.69) is 11.9 Å². The van der Waals surface area contributed by atoms with Gasteiger partial charge in [-0.3, -0.25) is 0 Å². The lowest BCUT2D eigenvalue weighted by molar-refractivity contribution is 0.229. The van der Waals surface area contributed by atoms with Crippen LogP contribution in [0.3, 0.4) is 0 Å². The zero-order valence-corrected chi connectivity index (χ0v) is 9.98. The number of aliphatic hydroxyl groups is 1. The molecule has 0 heterocycles. The topological polar surface area (TPSA) is 41.5 Å². The normalized spacial score (nSPS) is 16.5. The number of para-hydroxylation sites is 1. The van der Waals surface area contributed by atoms with Crippen molar-refractivity contribution in [2.45, 2.75) is 24.9 Å². The van der Waals surface area contributed by atoms with Crippen LogP contribution in [0.25, 0.3) is 0 Å². The Hall–Kier alpha value is -1.32. The van der Waals surface area contributed by atoms with Gasteiger partial charge in [0.15, 0.2) is 0 Å². The molecule has 0 bridgehead atoms. The molecule has 0 aromatic heterocycles. The molecule has 1 aliphatic carbocycles. The Morgan fingerprint density at radius 2 is 2.18 bits per heavy atom. The van der Waals surface area contributed by atoms with Crippen molar-refractivity contribution in [3.63, 3.8) is 0 Å². The standard InChI is InChI=1S/C14H19NO2/c1-2-9-17-13-6-4-3-5-12(13)10-15-14(11-16)7-8-14/h2-6,15-16H,1,7-11H2. The van der Waals surface area contributed by atoms with Crippen molar-refractivity contribution >= 4 is 0 Å². The van der Waals surface area contributed by atoms with Crippen molar-refractivity contribution in [2.75, 3.05) is 13.2 Å². The van der Waals surface area contributed by atoms with Gasteiger partial charge in [0.2, 0.25) is 0 Å². The van der Waals surface area contributed by atoms with Gasteiger partial charge in [-0.1, -0.05) is 30.9 Å². The molecule has 1 fully saturated rings. The molecule has 0 saturated heterocycles. The molecule has 1 aromatic carbocycles. The first-order chi connectivity index (χ1) is 8.29. The first-order valence-electron chi connectivity index (χ1n) is 5.97. The SMILES string of the molecule is C=CCOc1ccccc1CNC1(CO)CC1. The molecule has 0 unspecified atom stereocenters. The molecule has 1 aliphatic rings. The Balaban J connectivity index is 1.96. The fraction of sp³-hybridized carbons (Fsp3) is 0.429. The van der Waals surface area contributed by atoms with Crippen LogP contribution >= 0.6 is 0 Å². The summed E-state index contributed by atoms with van der Waals surface area (Å²) >= 11 is 0. The number of hydrogen-bond donors (Lipinski definition) is 2. The highest BCUT2D eigenvalue weighted by Gasteiger charge is 2.41. The Kier molecular flexibility index (Phi) is 3.82. The zero-order chi connectivity index (χ0) is 12.1. The van der Waals surface area contributed by atoms with E-state index in [-0.39, 0.29) is 12.1 Å². The van der Waals surface area contributed by atoms with Gasteiger partial charge in [-0.05, 0) is 18.9 Å². The molecule has 0 amide bonds. The van der Waals surface area contributed by atoms with E-state index in [0.29, 0.717) is 6.61 Å². The highest BCUT2D eigenvalue weighted by atomic mass is 16.5. The lowest BCUT2D eigenvalue weighted by atomic mass is 10.2. The van der Waals surface area contributed by atoms with E-state index in [4.69, 9.17) is 4.74 Å². The molecule has 0 spiro atoms. The van der Waals surface area contributed by atoms with Gasteiger partial charge in [0.05, 0.1) is 6.61 Å². The van der Waals surface area contributed by atoms with Crippen LogP contribution in [0.15, 0.2) is 36.9 Å². The van der Waals surface area contributed by atoms with E-state index >= 15 is 0 Å². The van der Waals surface area contributed by atoms with Crippen molar-refractivity contribution < 1.29 is 9.84 Å². The Labute approximate surface area is 102 Å². The number of benzene rings is 1. The third kappa shape index (κ3) is 3.08. The van der Waals surface area contributed by atoms with Gasteiger partial charge >= 0.3 is 0 Å². The summed E-state index contributed by atoms with van der Waals surface area (Å²) in [6.45, 7) is 5.10. The van der Waals surface area contributed by atoms with E-state index in [1.807, 2.05) is 24.3 Å². The first-order valence-corrected chi connectivity index (χ1v) is 5.97. The summed E-state index contributed by atoms with van der Waals surface area (Å²) in [5.74, 6) is 0.883. The van der Waals surface area contributed by atoms with Crippen molar-refractivity contribution in [1.29, 1.82) is 0 Å². The fourth-order valence-corrected chi connectivity index (χ4v) is 1.76. The van der Waals surface area contributed by atoms with Crippen LogP contribution in [0.5, 0.6) is 5.75 Å². The van der Waals surface area contributed by atoms with Crippen LogP contribution in [0, 0.1) is 0 Å². The van der Waals surface area contributed by atoms with Gasteiger partial charge in [-0.15, -0.1) is 0 Å². The minimum Gasteiger partial charge on any atom is -0.489 e. The molecule has 0 atom stereocenters. The van der Waals surface area contributed by atoms with Gasteiger partial charge in [-0.25, -0.2) is 0 Å². The predicted molar refractivity (Wildman–Crippen MR) is 68.0 cm³/mol. The summed E-state index contributed by atoms with van der Waals surface area (Å²) in [6.07, 6.45) is 3.85. The Bertz CT molecular complexity index is 386. The van der Waals surface area contributed by atoms with Crippen molar-refractivity contribution in [3.8, 4) is 5.75 Å². The van der Waals surface area contributed by atoms with Crippen LogP contribution in [0.4, 0.5) is 0 Å². The largest absolute Gasteiger partial charge is 0.489 e. The molecule has 0 aliphatic heterocycles. The molecule has 92 valence electrons. The molecule has 3 heteroatoms. The third-order valence-corrected chi connectivity index (χ3v) is 3.14. The van der Waals surface area contributed by atoms with E-state index in [1.165, 1.54) is 0 Å². The van der Waals surface area contributed by atoms with Crippen LogP contribution < -0.4 is 10.1 Å². The monoisotopic (exact) mass is 233 g/mol. The number of aliphatic hydroxyl groups excluding tert-OH is 1. The molecular formula is C14H19NO2. The average Bonchev–Trinajstić information content (AvgIpc) is 3.15. The van der Waals surface area contributed by atoms with Crippen molar-refractivity contribution in [3.05, 3.63) is 42.5 Å². The highest BCUT2D eigenvalue weighted by Crippen LogP contribution is 2.35. The van der Waals surface area contributed by atoms with Crippen LogP contribution in [0.2, 0.25) is 0 Å². The molecule has 1 saturated carbocycles. The minimum absolute atomic E-state index is 0.0362. The number of rotatable bonds is 7. The van der Waals surface area contributed by atoms with Crippen LogP contribution in [0.1, 0.15) is 18.4 Å². The third-order valence-electron chi connectivity index (χ3n) is 3.14. The Morgan fingerprint density at radius 3 is 2.82 bits per heavy atom. The Morgan fingerprint density at radius 1 is 1.41 bits per heavy atom. The van der Waals surface area contributed by atoms with E-state index in [1.54, 1.807) is 6.08 Å². The maximum Gasteiger partial charge on any atom is 0.124 e. The molecule has 2 rings (SSSR count). The van der Waals surface area contributed by atoms with Gasteiger partial charge < -0.3 is 15.2 Å². The second-order valence-corrected chi connectivity index (χ2v) is 4.50. The maximum atomic E-state index is 9.24. The van der Waals surface area contributed by atoms with E-state index < -0.39 is 0 Å².